The second-order valence-corrected chi connectivity index (χ2v) is 6.08. The minimum Gasteiger partial charge on any atom is -0.345 e. The summed E-state index contributed by atoms with van der Waals surface area (Å²) in [5.74, 6) is 0.478. The fourth-order valence-corrected chi connectivity index (χ4v) is 2.79. The molecule has 0 aliphatic rings. The van der Waals surface area contributed by atoms with E-state index in [-0.39, 0.29) is 5.91 Å². The Kier molecular flexibility index (Phi) is 4.25. The average Bonchev–Trinajstić information content (AvgIpc) is 2.51. The van der Waals surface area contributed by atoms with Crippen LogP contribution in [-0.4, -0.2) is 20.9 Å². The summed E-state index contributed by atoms with van der Waals surface area (Å²) in [7, 11) is 0. The van der Waals surface area contributed by atoms with Crippen LogP contribution in [0.3, 0.4) is 0 Å². The third kappa shape index (κ3) is 3.40. The molecule has 0 fully saturated rings. The van der Waals surface area contributed by atoms with Gasteiger partial charge in [-0.15, -0.1) is 0 Å². The van der Waals surface area contributed by atoms with Gasteiger partial charge in [0, 0.05) is 22.5 Å². The van der Waals surface area contributed by atoms with Crippen molar-refractivity contribution >= 4 is 16.8 Å². The van der Waals surface area contributed by atoms with E-state index in [1.807, 2.05) is 58.0 Å². The number of nitrogens with zero attached hydrogens (tertiary/aromatic N) is 3. The van der Waals surface area contributed by atoms with Crippen molar-refractivity contribution in [3.63, 3.8) is 0 Å². The van der Waals surface area contributed by atoms with Crippen molar-refractivity contribution in [2.24, 2.45) is 0 Å². The predicted octanol–water partition coefficient (Wildman–Crippen LogP) is 3.19. The van der Waals surface area contributed by atoms with Crippen LogP contribution in [0.1, 0.15) is 38.8 Å². The molecular weight excluding hydrogens is 300 g/mol. The first-order valence-electron chi connectivity index (χ1n) is 7.90. The Morgan fingerprint density at radius 1 is 0.917 bits per heavy atom. The average molecular weight is 320 g/mol. The molecule has 0 spiro atoms. The zero-order valence-corrected chi connectivity index (χ0v) is 14.3. The van der Waals surface area contributed by atoms with Crippen molar-refractivity contribution in [3.05, 3.63) is 64.4 Å². The number of carbonyl (C=O) groups is 1. The van der Waals surface area contributed by atoms with E-state index in [0.29, 0.717) is 17.9 Å². The number of aryl methyl sites for hydroxylation is 4. The van der Waals surface area contributed by atoms with Gasteiger partial charge in [0.25, 0.3) is 5.91 Å². The lowest BCUT2D eigenvalue weighted by atomic mass is 10.0. The Balaban J connectivity index is 1.89. The minimum absolute atomic E-state index is 0.140. The van der Waals surface area contributed by atoms with Crippen molar-refractivity contribution in [3.8, 4) is 0 Å². The number of benzene rings is 1. The van der Waals surface area contributed by atoms with Crippen LogP contribution in [0, 0.1) is 27.7 Å². The highest BCUT2D eigenvalue weighted by atomic mass is 16.1. The van der Waals surface area contributed by atoms with Crippen molar-refractivity contribution < 1.29 is 4.79 Å². The Labute approximate surface area is 141 Å². The molecule has 1 aromatic carbocycles. The molecule has 0 unspecified atom stereocenters. The van der Waals surface area contributed by atoms with Gasteiger partial charge >= 0.3 is 0 Å². The molecule has 2 aromatic heterocycles. The summed E-state index contributed by atoms with van der Waals surface area (Å²) < 4.78 is 0. The van der Waals surface area contributed by atoms with Crippen molar-refractivity contribution in [2.45, 2.75) is 34.2 Å². The first-order chi connectivity index (χ1) is 11.4. The van der Waals surface area contributed by atoms with E-state index < -0.39 is 0 Å². The standard InChI is InChI=1S/C19H20N4O/c1-11-5-6-17-15(7-11)16(9-14(4)21-17)19(24)20-10-18-22-12(2)8-13(3)23-18/h5-9H,10H2,1-4H3,(H,20,24). The maximum absolute atomic E-state index is 12.7. The molecule has 0 aliphatic carbocycles. The summed E-state index contributed by atoms with van der Waals surface area (Å²) in [4.78, 5) is 25.9. The molecule has 2 heterocycles. The van der Waals surface area contributed by atoms with Crippen molar-refractivity contribution in [2.75, 3.05) is 0 Å². The fraction of sp³-hybridized carbons (Fsp3) is 0.263. The van der Waals surface area contributed by atoms with E-state index in [2.05, 4.69) is 20.3 Å². The lowest BCUT2D eigenvalue weighted by molar-refractivity contribution is 0.0951. The smallest absolute Gasteiger partial charge is 0.252 e. The van der Waals surface area contributed by atoms with Gasteiger partial charge in [0.05, 0.1) is 17.6 Å². The quantitative estimate of drug-likeness (QED) is 0.805. The van der Waals surface area contributed by atoms with Gasteiger partial charge in [-0.3, -0.25) is 9.78 Å². The number of hydrogen-bond donors (Lipinski definition) is 1. The molecule has 0 atom stereocenters. The van der Waals surface area contributed by atoms with Crippen LogP contribution in [0.4, 0.5) is 0 Å². The molecule has 5 nitrogen and oxygen atoms in total. The van der Waals surface area contributed by atoms with E-state index in [4.69, 9.17) is 0 Å². The van der Waals surface area contributed by atoms with Crippen LogP contribution in [0.5, 0.6) is 0 Å². The Bertz CT molecular complexity index is 914. The molecule has 5 heteroatoms. The summed E-state index contributed by atoms with van der Waals surface area (Å²) in [6, 6.07) is 9.67. The zero-order chi connectivity index (χ0) is 17.3. The van der Waals surface area contributed by atoms with Gasteiger partial charge in [0.2, 0.25) is 0 Å². The number of pyridine rings is 1. The Hall–Kier alpha value is -2.82. The summed E-state index contributed by atoms with van der Waals surface area (Å²) in [5.41, 5.74) is 5.16. The molecule has 24 heavy (non-hydrogen) atoms. The topological polar surface area (TPSA) is 67.8 Å². The normalized spacial score (nSPS) is 10.8. The largest absolute Gasteiger partial charge is 0.345 e. The number of nitrogens with one attached hydrogen (secondary N) is 1. The zero-order valence-electron chi connectivity index (χ0n) is 14.3. The molecule has 122 valence electrons. The molecule has 0 aliphatic heterocycles. The van der Waals surface area contributed by atoms with E-state index in [0.717, 1.165) is 33.5 Å². The van der Waals surface area contributed by atoms with Crippen LogP contribution < -0.4 is 5.32 Å². The molecule has 0 saturated heterocycles. The Morgan fingerprint density at radius 2 is 1.58 bits per heavy atom. The highest BCUT2D eigenvalue weighted by molar-refractivity contribution is 6.06. The third-order valence-electron chi connectivity index (χ3n) is 3.77. The lowest BCUT2D eigenvalue weighted by Gasteiger charge is -2.10. The second kappa shape index (κ2) is 6.35. The second-order valence-electron chi connectivity index (χ2n) is 6.08. The molecular formula is C19H20N4O. The predicted molar refractivity (Wildman–Crippen MR) is 93.9 cm³/mol. The van der Waals surface area contributed by atoms with Crippen LogP contribution in [-0.2, 0) is 6.54 Å². The lowest BCUT2D eigenvalue weighted by Crippen LogP contribution is -2.24. The summed E-state index contributed by atoms with van der Waals surface area (Å²) in [6.07, 6.45) is 0. The van der Waals surface area contributed by atoms with Gasteiger partial charge in [-0.2, -0.15) is 0 Å². The van der Waals surface area contributed by atoms with Gasteiger partial charge in [-0.1, -0.05) is 11.6 Å². The van der Waals surface area contributed by atoms with Gasteiger partial charge in [0.1, 0.15) is 5.82 Å². The number of fused-ring (bicyclic) bond motifs is 1. The summed E-state index contributed by atoms with van der Waals surface area (Å²) in [6.45, 7) is 8.04. The van der Waals surface area contributed by atoms with Crippen LogP contribution in [0.15, 0.2) is 30.3 Å². The highest BCUT2D eigenvalue weighted by Crippen LogP contribution is 2.20. The van der Waals surface area contributed by atoms with Gasteiger partial charge in [-0.05, 0) is 52.0 Å². The summed E-state index contributed by atoms with van der Waals surface area (Å²) in [5, 5.41) is 3.78. The molecule has 0 radical (unpaired) electrons. The maximum atomic E-state index is 12.7. The van der Waals surface area contributed by atoms with Crippen molar-refractivity contribution in [1.29, 1.82) is 0 Å². The number of amides is 1. The fourth-order valence-electron chi connectivity index (χ4n) is 2.79. The van der Waals surface area contributed by atoms with E-state index in [9.17, 15) is 4.79 Å². The number of hydrogen-bond acceptors (Lipinski definition) is 4. The Morgan fingerprint density at radius 3 is 2.29 bits per heavy atom. The van der Waals surface area contributed by atoms with E-state index >= 15 is 0 Å². The van der Waals surface area contributed by atoms with Crippen LogP contribution in [0.2, 0.25) is 0 Å². The number of carbonyl (C=O) groups excluding carboxylic acids is 1. The number of rotatable bonds is 3. The van der Waals surface area contributed by atoms with E-state index in [1.54, 1.807) is 0 Å². The highest BCUT2D eigenvalue weighted by Gasteiger charge is 2.13. The molecule has 0 saturated carbocycles. The van der Waals surface area contributed by atoms with Crippen LogP contribution >= 0.6 is 0 Å². The molecule has 0 bridgehead atoms. The first-order valence-corrected chi connectivity index (χ1v) is 7.90. The van der Waals surface area contributed by atoms with E-state index in [1.165, 1.54) is 0 Å². The number of aromatic nitrogens is 3. The SMILES string of the molecule is Cc1ccc2nc(C)cc(C(=O)NCc3nc(C)cc(C)n3)c2c1. The van der Waals surface area contributed by atoms with Gasteiger partial charge in [0.15, 0.2) is 0 Å². The summed E-state index contributed by atoms with van der Waals surface area (Å²) >= 11 is 0. The van der Waals surface area contributed by atoms with Crippen LogP contribution in [0.25, 0.3) is 10.9 Å². The minimum atomic E-state index is -0.140. The third-order valence-corrected chi connectivity index (χ3v) is 3.77. The molecule has 1 N–H and O–H groups in total. The van der Waals surface area contributed by atoms with Gasteiger partial charge < -0.3 is 5.32 Å². The van der Waals surface area contributed by atoms with Gasteiger partial charge in [-0.25, -0.2) is 9.97 Å². The molecule has 3 rings (SSSR count). The first kappa shape index (κ1) is 16.1. The van der Waals surface area contributed by atoms with Crippen molar-refractivity contribution in [1.82, 2.24) is 20.3 Å². The molecule has 1 amide bonds. The monoisotopic (exact) mass is 320 g/mol. The molecule has 3 aromatic rings. The maximum Gasteiger partial charge on any atom is 0.252 e.